The molecule has 0 aromatic heterocycles. The largest absolute Gasteiger partial charge is 0.177 e. The van der Waals surface area contributed by atoms with E-state index in [4.69, 9.17) is 11.1 Å². The van der Waals surface area contributed by atoms with Crippen molar-refractivity contribution in [2.75, 3.05) is 0 Å². The van der Waals surface area contributed by atoms with Crippen molar-refractivity contribution < 1.29 is 0 Å². The molecule has 0 saturated carbocycles. The van der Waals surface area contributed by atoms with Crippen LogP contribution < -0.4 is 0 Å². The predicted octanol–water partition coefficient (Wildman–Crippen LogP) is 6.07. The highest BCUT2D eigenvalue weighted by molar-refractivity contribution is 7.23. The van der Waals surface area contributed by atoms with Gasteiger partial charge in [0.05, 0.1) is 0 Å². The lowest BCUT2D eigenvalue weighted by Gasteiger charge is -2.20. The zero-order valence-electron chi connectivity index (χ0n) is 13.5. The Morgan fingerprint density at radius 3 is 2.00 bits per heavy atom. The van der Waals surface area contributed by atoms with E-state index in [2.05, 4.69) is 71.1 Å². The summed E-state index contributed by atoms with van der Waals surface area (Å²) in [7, 11) is -1.70. The fourth-order valence-electron chi connectivity index (χ4n) is 2.78. The molecular weight excluding hydrogens is 280 g/mol. The Morgan fingerprint density at radius 1 is 1.05 bits per heavy atom. The van der Waals surface area contributed by atoms with Crippen LogP contribution >= 0.6 is 11.1 Å². The second-order valence-corrected chi connectivity index (χ2v) is 13.7. The normalized spacial score (nSPS) is 16.6. The smallest absolute Gasteiger partial charge is 0.162 e. The molecule has 1 aromatic carbocycles. The zero-order valence-corrected chi connectivity index (χ0v) is 15.2. The summed E-state index contributed by atoms with van der Waals surface area (Å²) in [5, 5.41) is 1.48. The summed E-state index contributed by atoms with van der Waals surface area (Å²) in [4.78, 5) is 0. The number of rotatable bonds is 2. The second-order valence-electron chi connectivity index (χ2n) is 7.31. The fraction of sp³-hybridized carbons (Fsp3) is 0.444. The van der Waals surface area contributed by atoms with E-state index >= 15 is 0 Å². The standard InChI is InChI=1S/C18H25ClSi/c1-13-11-15(12-17(13)20(5,6)19)14-7-9-16(10-8-14)18(2,3)4/h7-11H,12H2,1-6H3. The molecule has 0 heterocycles. The first-order chi connectivity index (χ1) is 9.09. The Hall–Kier alpha value is -0.793. The van der Waals surface area contributed by atoms with Crippen molar-refractivity contribution in [3.05, 3.63) is 52.2 Å². The highest BCUT2D eigenvalue weighted by Crippen LogP contribution is 2.38. The molecule has 108 valence electrons. The third-order valence-electron chi connectivity index (χ3n) is 4.07. The molecule has 0 amide bonds. The lowest BCUT2D eigenvalue weighted by atomic mass is 9.86. The van der Waals surface area contributed by atoms with Gasteiger partial charge in [-0.05, 0) is 35.5 Å². The minimum absolute atomic E-state index is 0.215. The molecule has 1 aromatic rings. The van der Waals surface area contributed by atoms with Crippen molar-refractivity contribution in [1.29, 1.82) is 0 Å². The van der Waals surface area contributed by atoms with Gasteiger partial charge in [0.25, 0.3) is 0 Å². The van der Waals surface area contributed by atoms with Crippen LogP contribution in [0.4, 0.5) is 0 Å². The summed E-state index contributed by atoms with van der Waals surface area (Å²) in [5.74, 6) is 0. The van der Waals surface area contributed by atoms with E-state index < -0.39 is 7.38 Å². The Kier molecular flexibility index (Phi) is 4.05. The van der Waals surface area contributed by atoms with Gasteiger partial charge < -0.3 is 0 Å². The van der Waals surface area contributed by atoms with Crippen molar-refractivity contribution in [1.82, 2.24) is 0 Å². The van der Waals surface area contributed by atoms with Crippen molar-refractivity contribution in [2.24, 2.45) is 0 Å². The highest BCUT2D eigenvalue weighted by Gasteiger charge is 2.29. The zero-order chi connectivity index (χ0) is 15.1. The summed E-state index contributed by atoms with van der Waals surface area (Å²) in [5.41, 5.74) is 5.73. The molecule has 0 atom stereocenters. The monoisotopic (exact) mass is 304 g/mol. The minimum Gasteiger partial charge on any atom is -0.162 e. The Morgan fingerprint density at radius 2 is 1.60 bits per heavy atom. The summed E-state index contributed by atoms with van der Waals surface area (Å²) >= 11 is 6.62. The number of hydrogen-bond acceptors (Lipinski definition) is 0. The summed E-state index contributed by atoms with van der Waals surface area (Å²) in [6.45, 7) is 13.4. The third kappa shape index (κ3) is 3.26. The van der Waals surface area contributed by atoms with Crippen molar-refractivity contribution in [3.63, 3.8) is 0 Å². The van der Waals surface area contributed by atoms with Gasteiger partial charge in [-0.3, -0.25) is 0 Å². The second kappa shape index (κ2) is 5.20. The van der Waals surface area contributed by atoms with Gasteiger partial charge in [-0.25, -0.2) is 0 Å². The maximum Gasteiger partial charge on any atom is 0.177 e. The predicted molar refractivity (Wildman–Crippen MR) is 93.8 cm³/mol. The molecule has 1 aliphatic rings. The average Bonchev–Trinajstić information content (AvgIpc) is 2.70. The van der Waals surface area contributed by atoms with Crippen molar-refractivity contribution in [3.8, 4) is 0 Å². The first-order valence-corrected chi connectivity index (χ1v) is 11.3. The molecule has 2 heteroatoms. The van der Waals surface area contributed by atoms with Gasteiger partial charge in [0, 0.05) is 0 Å². The van der Waals surface area contributed by atoms with E-state index in [1.54, 1.807) is 0 Å². The maximum absolute atomic E-state index is 6.62. The van der Waals surface area contributed by atoms with Gasteiger partial charge in [0.1, 0.15) is 0 Å². The van der Waals surface area contributed by atoms with Crippen LogP contribution in [-0.2, 0) is 5.41 Å². The van der Waals surface area contributed by atoms with Gasteiger partial charge in [-0.15, -0.1) is 0 Å². The SMILES string of the molecule is CC1=C([Si](C)(C)Cl)CC(c2ccc(C(C)(C)C)cc2)=C1. The summed E-state index contributed by atoms with van der Waals surface area (Å²) < 4.78 is 0. The number of hydrogen-bond donors (Lipinski definition) is 0. The molecule has 0 nitrogen and oxygen atoms in total. The lowest BCUT2D eigenvalue weighted by Crippen LogP contribution is -2.20. The molecule has 1 aliphatic carbocycles. The van der Waals surface area contributed by atoms with Gasteiger partial charge in [0.15, 0.2) is 7.38 Å². The Labute approximate surface area is 129 Å². The van der Waals surface area contributed by atoms with E-state index in [1.807, 2.05) is 0 Å². The van der Waals surface area contributed by atoms with Crippen LogP contribution in [0.1, 0.15) is 45.2 Å². The van der Waals surface area contributed by atoms with Crippen molar-refractivity contribution in [2.45, 2.75) is 52.6 Å². The van der Waals surface area contributed by atoms with Crippen LogP contribution in [-0.4, -0.2) is 7.38 Å². The third-order valence-corrected chi connectivity index (χ3v) is 6.76. The van der Waals surface area contributed by atoms with Gasteiger partial charge in [-0.1, -0.05) is 75.0 Å². The Bertz CT molecular complexity index is 563. The molecule has 0 bridgehead atoms. The van der Waals surface area contributed by atoms with Crippen LogP contribution in [0.3, 0.4) is 0 Å². The molecule has 20 heavy (non-hydrogen) atoms. The molecule has 0 saturated heterocycles. The van der Waals surface area contributed by atoms with Crippen LogP contribution in [0.15, 0.2) is 41.1 Å². The highest BCUT2D eigenvalue weighted by atomic mass is 35.6. The average molecular weight is 305 g/mol. The van der Waals surface area contributed by atoms with E-state index in [-0.39, 0.29) is 5.41 Å². The number of allylic oxidation sites excluding steroid dienone is 4. The molecule has 0 spiro atoms. The van der Waals surface area contributed by atoms with Crippen LogP contribution in [0, 0.1) is 0 Å². The first kappa shape index (κ1) is 15.6. The molecule has 0 fully saturated rings. The first-order valence-electron chi connectivity index (χ1n) is 7.29. The number of benzene rings is 1. The van der Waals surface area contributed by atoms with Crippen molar-refractivity contribution >= 4 is 24.0 Å². The minimum atomic E-state index is -1.70. The van der Waals surface area contributed by atoms with Crippen LogP contribution in [0.5, 0.6) is 0 Å². The molecule has 2 rings (SSSR count). The molecule has 0 unspecified atom stereocenters. The topological polar surface area (TPSA) is 0 Å². The van der Waals surface area contributed by atoms with Crippen LogP contribution in [0.25, 0.3) is 5.57 Å². The van der Waals surface area contributed by atoms with Crippen LogP contribution in [0.2, 0.25) is 13.1 Å². The van der Waals surface area contributed by atoms with E-state index in [0.29, 0.717) is 0 Å². The van der Waals surface area contributed by atoms with Gasteiger partial charge in [0.2, 0.25) is 0 Å². The maximum atomic E-state index is 6.62. The molecule has 0 radical (unpaired) electrons. The van der Waals surface area contributed by atoms with E-state index in [1.165, 1.54) is 27.5 Å². The van der Waals surface area contributed by atoms with E-state index in [9.17, 15) is 0 Å². The van der Waals surface area contributed by atoms with Gasteiger partial charge in [-0.2, -0.15) is 11.1 Å². The van der Waals surface area contributed by atoms with E-state index in [0.717, 1.165) is 6.42 Å². The summed E-state index contributed by atoms with van der Waals surface area (Å²) in [6, 6.07) is 9.02. The molecule has 0 aliphatic heterocycles. The number of halogens is 1. The lowest BCUT2D eigenvalue weighted by molar-refractivity contribution is 0.590. The summed E-state index contributed by atoms with van der Waals surface area (Å²) in [6.07, 6.45) is 3.35. The molecule has 0 N–H and O–H groups in total. The molecular formula is C18H25ClSi. The Balaban J connectivity index is 2.23. The quantitative estimate of drug-likeness (QED) is 0.459. The fourth-order valence-corrected chi connectivity index (χ4v) is 5.05. The van der Waals surface area contributed by atoms with Gasteiger partial charge >= 0.3 is 0 Å².